The van der Waals surface area contributed by atoms with E-state index in [9.17, 15) is 0 Å². The second-order valence-electron chi connectivity index (χ2n) is 1.83. The number of nitrogens with zero attached hydrogens (tertiary/aromatic N) is 1. The molecule has 1 heterocycles. The van der Waals surface area contributed by atoms with Crippen molar-refractivity contribution in [1.29, 1.82) is 0 Å². The van der Waals surface area contributed by atoms with Gasteiger partial charge in [-0.05, 0) is 6.42 Å². The van der Waals surface area contributed by atoms with Crippen molar-refractivity contribution >= 4 is 6.02 Å². The highest BCUT2D eigenvalue weighted by atomic mass is 16.5. The fraction of sp³-hybridized carbons (Fsp3) is 0.800. The quantitative estimate of drug-likeness (QED) is 0.526. The molecule has 0 fully saturated rings. The lowest BCUT2D eigenvalue weighted by Gasteiger charge is -2.03. The Morgan fingerprint density at radius 1 is 2.00 bits per heavy atom. The smallest absolute Gasteiger partial charge is 0.282 e. The number of amidine groups is 1. The van der Waals surface area contributed by atoms with Crippen LogP contribution < -0.4 is 5.73 Å². The second kappa shape index (κ2) is 2.03. The lowest BCUT2D eigenvalue weighted by molar-refractivity contribution is 0.216. The molecular weight excluding hydrogens is 104 g/mol. The fourth-order valence-corrected chi connectivity index (χ4v) is 0.650. The van der Waals surface area contributed by atoms with Crippen LogP contribution >= 0.6 is 0 Å². The van der Waals surface area contributed by atoms with Gasteiger partial charge in [0.25, 0.3) is 6.02 Å². The Bertz CT molecular complexity index is 111. The van der Waals surface area contributed by atoms with Gasteiger partial charge in [-0.1, -0.05) is 6.92 Å². The highest BCUT2D eigenvalue weighted by molar-refractivity contribution is 5.72. The maximum absolute atomic E-state index is 5.23. The van der Waals surface area contributed by atoms with Crippen molar-refractivity contribution in [1.82, 2.24) is 0 Å². The standard InChI is InChI=1S/C5H10N2O/c1-2-4-3-7-5(6)8-4/h4H,2-3H2,1H3,(H2,6,7). The number of hydrogen-bond donors (Lipinski definition) is 1. The molecule has 0 radical (unpaired) electrons. The van der Waals surface area contributed by atoms with E-state index in [0.717, 1.165) is 13.0 Å². The van der Waals surface area contributed by atoms with E-state index in [1.165, 1.54) is 0 Å². The Balaban J connectivity index is 2.32. The van der Waals surface area contributed by atoms with Crippen molar-refractivity contribution in [3.05, 3.63) is 0 Å². The SMILES string of the molecule is CCC1CN=C(N)O1. The molecule has 2 N–H and O–H groups in total. The van der Waals surface area contributed by atoms with Crippen molar-refractivity contribution in [3.63, 3.8) is 0 Å². The summed E-state index contributed by atoms with van der Waals surface area (Å²) in [4.78, 5) is 3.86. The zero-order valence-corrected chi connectivity index (χ0v) is 4.92. The van der Waals surface area contributed by atoms with Crippen molar-refractivity contribution < 1.29 is 4.74 Å². The van der Waals surface area contributed by atoms with Crippen LogP contribution in [-0.4, -0.2) is 18.7 Å². The number of hydrogen-bond acceptors (Lipinski definition) is 3. The third-order valence-corrected chi connectivity index (χ3v) is 1.19. The first-order valence-corrected chi connectivity index (χ1v) is 2.79. The summed E-state index contributed by atoms with van der Waals surface area (Å²) in [6.45, 7) is 2.79. The molecule has 3 nitrogen and oxygen atoms in total. The average molecular weight is 114 g/mol. The number of nitrogens with two attached hydrogens (primary N) is 1. The maximum Gasteiger partial charge on any atom is 0.282 e. The van der Waals surface area contributed by atoms with E-state index in [1.807, 2.05) is 0 Å². The summed E-state index contributed by atoms with van der Waals surface area (Å²) in [5.41, 5.74) is 5.23. The topological polar surface area (TPSA) is 47.6 Å². The first-order valence-electron chi connectivity index (χ1n) is 2.79. The fourth-order valence-electron chi connectivity index (χ4n) is 0.650. The molecule has 1 atom stereocenters. The molecule has 0 saturated heterocycles. The largest absolute Gasteiger partial charge is 0.460 e. The van der Waals surface area contributed by atoms with Crippen molar-refractivity contribution in [2.75, 3.05) is 6.54 Å². The molecule has 8 heavy (non-hydrogen) atoms. The molecular formula is C5H10N2O. The molecule has 0 aliphatic carbocycles. The van der Waals surface area contributed by atoms with Gasteiger partial charge in [0, 0.05) is 0 Å². The molecule has 3 heteroatoms. The zero-order valence-electron chi connectivity index (χ0n) is 4.92. The molecule has 0 amide bonds. The van der Waals surface area contributed by atoms with Gasteiger partial charge in [0.2, 0.25) is 0 Å². The minimum atomic E-state index is 0.245. The Labute approximate surface area is 48.5 Å². The van der Waals surface area contributed by atoms with Crippen molar-refractivity contribution in [2.45, 2.75) is 19.4 Å². The van der Waals surface area contributed by atoms with Gasteiger partial charge in [0.15, 0.2) is 0 Å². The summed E-state index contributed by atoms with van der Waals surface area (Å²) in [6, 6.07) is 0.344. The Hall–Kier alpha value is -0.730. The number of rotatable bonds is 1. The lowest BCUT2D eigenvalue weighted by Crippen LogP contribution is -2.16. The molecule has 46 valence electrons. The summed E-state index contributed by atoms with van der Waals surface area (Å²) >= 11 is 0. The van der Waals surface area contributed by atoms with E-state index in [4.69, 9.17) is 10.5 Å². The molecule has 0 aromatic carbocycles. The molecule has 0 aromatic rings. The highest BCUT2D eigenvalue weighted by Gasteiger charge is 2.13. The number of ether oxygens (including phenoxy) is 1. The molecule has 1 aliphatic rings. The third kappa shape index (κ3) is 0.911. The van der Waals surface area contributed by atoms with Crippen LogP contribution in [0.5, 0.6) is 0 Å². The maximum atomic E-state index is 5.23. The Kier molecular flexibility index (Phi) is 1.37. The molecule has 0 spiro atoms. The molecule has 1 unspecified atom stereocenters. The summed E-state index contributed by atoms with van der Waals surface area (Å²) in [5.74, 6) is 0. The van der Waals surface area contributed by atoms with Crippen LogP contribution in [0.25, 0.3) is 0 Å². The minimum absolute atomic E-state index is 0.245. The molecule has 0 bridgehead atoms. The predicted octanol–water partition coefficient (Wildman–Crippen LogP) is 0.110. The lowest BCUT2D eigenvalue weighted by atomic mass is 10.3. The van der Waals surface area contributed by atoms with Crippen LogP contribution in [0.2, 0.25) is 0 Å². The van der Waals surface area contributed by atoms with Crippen molar-refractivity contribution in [3.8, 4) is 0 Å². The number of aliphatic imine (C=N–C) groups is 1. The van der Waals surface area contributed by atoms with E-state index in [-0.39, 0.29) is 6.10 Å². The summed E-state index contributed by atoms with van der Waals surface area (Å²) in [7, 11) is 0. The highest BCUT2D eigenvalue weighted by Crippen LogP contribution is 2.03. The van der Waals surface area contributed by atoms with Crippen LogP contribution in [-0.2, 0) is 4.74 Å². The molecule has 1 aliphatic heterocycles. The minimum Gasteiger partial charge on any atom is -0.460 e. The van der Waals surface area contributed by atoms with Gasteiger partial charge in [0.1, 0.15) is 6.10 Å². The van der Waals surface area contributed by atoms with Gasteiger partial charge < -0.3 is 10.5 Å². The molecule has 0 saturated carbocycles. The van der Waals surface area contributed by atoms with E-state index >= 15 is 0 Å². The second-order valence-corrected chi connectivity index (χ2v) is 1.83. The molecule has 1 rings (SSSR count). The van der Waals surface area contributed by atoms with E-state index in [0.29, 0.717) is 6.02 Å². The zero-order chi connectivity index (χ0) is 5.98. The van der Waals surface area contributed by atoms with Crippen LogP contribution in [0.4, 0.5) is 0 Å². The third-order valence-electron chi connectivity index (χ3n) is 1.19. The van der Waals surface area contributed by atoms with Gasteiger partial charge in [0.05, 0.1) is 6.54 Å². The average Bonchev–Trinajstić information content (AvgIpc) is 2.14. The van der Waals surface area contributed by atoms with Gasteiger partial charge >= 0.3 is 0 Å². The van der Waals surface area contributed by atoms with E-state index in [1.54, 1.807) is 0 Å². The Morgan fingerprint density at radius 2 is 2.75 bits per heavy atom. The van der Waals surface area contributed by atoms with E-state index < -0.39 is 0 Å². The summed E-state index contributed by atoms with van der Waals surface area (Å²) in [5, 5.41) is 0. The van der Waals surface area contributed by atoms with Crippen molar-refractivity contribution in [2.24, 2.45) is 10.7 Å². The Morgan fingerprint density at radius 3 is 3.00 bits per heavy atom. The van der Waals surface area contributed by atoms with Crippen LogP contribution in [0.3, 0.4) is 0 Å². The first-order chi connectivity index (χ1) is 3.83. The van der Waals surface area contributed by atoms with Gasteiger partial charge in [-0.15, -0.1) is 0 Å². The first kappa shape index (κ1) is 5.41. The van der Waals surface area contributed by atoms with Gasteiger partial charge in [-0.3, -0.25) is 0 Å². The van der Waals surface area contributed by atoms with E-state index in [2.05, 4.69) is 11.9 Å². The van der Waals surface area contributed by atoms with Gasteiger partial charge in [-0.2, -0.15) is 0 Å². The molecule has 0 aromatic heterocycles. The van der Waals surface area contributed by atoms with Crippen LogP contribution in [0.1, 0.15) is 13.3 Å². The van der Waals surface area contributed by atoms with Crippen LogP contribution in [0.15, 0.2) is 4.99 Å². The monoisotopic (exact) mass is 114 g/mol. The summed E-state index contributed by atoms with van der Waals surface area (Å²) < 4.78 is 5.04. The van der Waals surface area contributed by atoms with Gasteiger partial charge in [-0.25, -0.2) is 4.99 Å². The van der Waals surface area contributed by atoms with Crippen LogP contribution in [0, 0.1) is 0 Å². The normalized spacial score (nSPS) is 27.1. The predicted molar refractivity (Wildman–Crippen MR) is 31.7 cm³/mol. The summed E-state index contributed by atoms with van der Waals surface area (Å²) in [6.07, 6.45) is 1.24.